The molecule has 1 amide bonds. The molecule has 5 nitrogen and oxygen atoms in total. The zero-order valence-electron chi connectivity index (χ0n) is 15.5. The highest BCUT2D eigenvalue weighted by Gasteiger charge is 2.27. The van der Waals surface area contributed by atoms with Crippen LogP contribution < -0.4 is 14.8 Å². The molecule has 0 unspecified atom stereocenters. The van der Waals surface area contributed by atoms with Crippen molar-refractivity contribution >= 4 is 46.3 Å². The summed E-state index contributed by atoms with van der Waals surface area (Å²) in [4.78, 5) is 14.6. The van der Waals surface area contributed by atoms with Crippen molar-refractivity contribution in [3.8, 4) is 16.5 Å². The number of hydrogen-bond donors (Lipinski definition) is 1. The SMILES string of the molecule is COc1cc(OC)c(NC(=O)c2c(-n3cccc3)sc3c2CCSC3)cc1Cl. The molecule has 0 bridgehead atoms. The molecule has 0 fully saturated rings. The summed E-state index contributed by atoms with van der Waals surface area (Å²) in [7, 11) is 3.09. The lowest BCUT2D eigenvalue weighted by Gasteiger charge is -2.15. The number of ether oxygens (including phenoxy) is 2. The Morgan fingerprint density at radius 2 is 1.93 bits per heavy atom. The Labute approximate surface area is 176 Å². The third-order valence-corrected chi connectivity index (χ3v) is 7.30. The summed E-state index contributed by atoms with van der Waals surface area (Å²) < 4.78 is 12.7. The zero-order chi connectivity index (χ0) is 19.7. The monoisotopic (exact) mass is 434 g/mol. The minimum Gasteiger partial charge on any atom is -0.495 e. The molecular weight excluding hydrogens is 416 g/mol. The zero-order valence-corrected chi connectivity index (χ0v) is 17.8. The molecule has 4 rings (SSSR count). The van der Waals surface area contributed by atoms with E-state index in [2.05, 4.69) is 5.32 Å². The average molecular weight is 435 g/mol. The number of benzene rings is 1. The maximum Gasteiger partial charge on any atom is 0.259 e. The van der Waals surface area contributed by atoms with Gasteiger partial charge in [-0.2, -0.15) is 11.8 Å². The van der Waals surface area contributed by atoms with Crippen LogP contribution in [0.25, 0.3) is 5.00 Å². The Balaban J connectivity index is 1.75. The lowest BCUT2D eigenvalue weighted by Crippen LogP contribution is -2.17. The summed E-state index contributed by atoms with van der Waals surface area (Å²) in [5.41, 5.74) is 2.39. The number of aromatic nitrogens is 1. The van der Waals surface area contributed by atoms with E-state index in [1.807, 2.05) is 40.9 Å². The Hall–Kier alpha value is -2.09. The van der Waals surface area contributed by atoms with Gasteiger partial charge in [0.1, 0.15) is 16.5 Å². The Morgan fingerprint density at radius 3 is 2.64 bits per heavy atom. The molecule has 0 aliphatic carbocycles. The highest BCUT2D eigenvalue weighted by atomic mass is 35.5. The van der Waals surface area contributed by atoms with E-state index in [0.717, 1.165) is 34.1 Å². The quantitative estimate of drug-likeness (QED) is 0.595. The topological polar surface area (TPSA) is 52.5 Å². The fourth-order valence-corrected chi connectivity index (χ4v) is 5.93. The van der Waals surface area contributed by atoms with Crippen molar-refractivity contribution in [2.75, 3.05) is 25.3 Å². The number of thiophene rings is 1. The number of nitrogens with zero attached hydrogens (tertiary/aromatic N) is 1. The van der Waals surface area contributed by atoms with E-state index in [0.29, 0.717) is 22.2 Å². The van der Waals surface area contributed by atoms with Gasteiger partial charge < -0.3 is 19.4 Å². The van der Waals surface area contributed by atoms with E-state index < -0.39 is 0 Å². The van der Waals surface area contributed by atoms with Gasteiger partial charge in [0.25, 0.3) is 5.91 Å². The first-order chi connectivity index (χ1) is 13.6. The van der Waals surface area contributed by atoms with E-state index in [1.165, 1.54) is 12.0 Å². The van der Waals surface area contributed by atoms with Crippen LogP contribution in [0.15, 0.2) is 36.7 Å². The third kappa shape index (κ3) is 3.50. The minimum absolute atomic E-state index is 0.160. The first-order valence-corrected chi connectivity index (χ1v) is 11.1. The molecule has 8 heteroatoms. The van der Waals surface area contributed by atoms with Gasteiger partial charge in [-0.25, -0.2) is 0 Å². The smallest absolute Gasteiger partial charge is 0.259 e. The second kappa shape index (κ2) is 8.11. The van der Waals surface area contributed by atoms with Crippen LogP contribution in [0.3, 0.4) is 0 Å². The number of amides is 1. The number of thioether (sulfide) groups is 1. The van der Waals surface area contributed by atoms with Crippen molar-refractivity contribution in [1.29, 1.82) is 0 Å². The average Bonchev–Trinajstić information content (AvgIpc) is 3.35. The van der Waals surface area contributed by atoms with Crippen molar-refractivity contribution in [3.63, 3.8) is 0 Å². The van der Waals surface area contributed by atoms with E-state index >= 15 is 0 Å². The summed E-state index contributed by atoms with van der Waals surface area (Å²) in [6.07, 6.45) is 4.82. The summed E-state index contributed by atoms with van der Waals surface area (Å²) >= 11 is 9.84. The summed E-state index contributed by atoms with van der Waals surface area (Å²) in [5, 5.41) is 4.34. The predicted molar refractivity (Wildman–Crippen MR) is 116 cm³/mol. The molecule has 1 N–H and O–H groups in total. The van der Waals surface area contributed by atoms with E-state index in [1.54, 1.807) is 30.6 Å². The highest BCUT2D eigenvalue weighted by Crippen LogP contribution is 2.40. The highest BCUT2D eigenvalue weighted by molar-refractivity contribution is 7.98. The van der Waals surface area contributed by atoms with Gasteiger partial charge >= 0.3 is 0 Å². The van der Waals surface area contributed by atoms with Crippen molar-refractivity contribution in [2.24, 2.45) is 0 Å². The largest absolute Gasteiger partial charge is 0.495 e. The minimum atomic E-state index is -0.160. The van der Waals surface area contributed by atoms with E-state index in [4.69, 9.17) is 21.1 Å². The van der Waals surface area contributed by atoms with Crippen molar-refractivity contribution < 1.29 is 14.3 Å². The van der Waals surface area contributed by atoms with E-state index in [-0.39, 0.29) is 5.91 Å². The summed E-state index contributed by atoms with van der Waals surface area (Å²) in [5.74, 6) is 2.80. The normalized spacial score (nSPS) is 13.1. The molecule has 1 aliphatic heterocycles. The number of nitrogens with one attached hydrogen (secondary N) is 1. The van der Waals surface area contributed by atoms with Gasteiger partial charge in [-0.1, -0.05) is 11.6 Å². The number of halogens is 1. The molecule has 0 saturated carbocycles. The molecule has 1 aliphatic rings. The van der Waals surface area contributed by atoms with Crippen LogP contribution in [0.1, 0.15) is 20.8 Å². The van der Waals surface area contributed by atoms with Crippen LogP contribution in [0, 0.1) is 0 Å². The molecule has 146 valence electrons. The molecule has 0 radical (unpaired) electrons. The van der Waals surface area contributed by atoms with Gasteiger partial charge in [0.15, 0.2) is 0 Å². The van der Waals surface area contributed by atoms with E-state index in [9.17, 15) is 4.79 Å². The number of anilines is 1. The maximum absolute atomic E-state index is 13.3. The number of carbonyl (C=O) groups is 1. The standard InChI is InChI=1S/C20H19ClN2O3S2/c1-25-15-10-16(26-2)14(9-13(15)21)22-19(24)18-12-5-8-27-11-17(12)28-20(18)23-6-3-4-7-23/h3-4,6-7,9-10H,5,8,11H2,1-2H3,(H,22,24). The Morgan fingerprint density at radius 1 is 1.18 bits per heavy atom. The van der Waals surface area contributed by atoms with Gasteiger partial charge in [0.2, 0.25) is 0 Å². The van der Waals surface area contributed by atoms with Crippen LogP contribution >= 0.6 is 34.7 Å². The predicted octanol–water partition coefficient (Wildman–Crippen LogP) is 5.25. The molecule has 0 saturated heterocycles. The summed E-state index contributed by atoms with van der Waals surface area (Å²) in [6, 6.07) is 7.24. The van der Waals surface area contributed by atoms with Crippen LogP contribution in [0.2, 0.25) is 5.02 Å². The van der Waals surface area contributed by atoms with Crippen molar-refractivity contribution in [1.82, 2.24) is 4.57 Å². The fourth-order valence-electron chi connectivity index (χ4n) is 3.25. The molecule has 3 aromatic rings. The molecule has 0 spiro atoms. The van der Waals surface area contributed by atoms with Crippen molar-refractivity contribution in [2.45, 2.75) is 12.2 Å². The third-order valence-electron chi connectivity index (χ3n) is 4.59. The Bertz CT molecular complexity index is 1020. The second-order valence-corrected chi connectivity index (χ2v) is 8.81. The number of methoxy groups -OCH3 is 2. The number of hydrogen-bond acceptors (Lipinski definition) is 5. The van der Waals surface area contributed by atoms with Gasteiger partial charge in [-0.3, -0.25) is 4.79 Å². The maximum atomic E-state index is 13.3. The van der Waals surface area contributed by atoms with Crippen LogP contribution in [-0.4, -0.2) is 30.4 Å². The molecule has 3 heterocycles. The fraction of sp³-hybridized carbons (Fsp3) is 0.250. The molecule has 28 heavy (non-hydrogen) atoms. The molecule has 2 aromatic heterocycles. The number of fused-ring (bicyclic) bond motifs is 1. The van der Waals surface area contributed by atoms with Gasteiger partial charge in [-0.05, 0) is 35.9 Å². The second-order valence-electron chi connectivity index (χ2n) is 6.22. The van der Waals surface area contributed by atoms with Crippen LogP contribution in [0.4, 0.5) is 5.69 Å². The van der Waals surface area contributed by atoms with Gasteiger partial charge in [0, 0.05) is 29.1 Å². The summed E-state index contributed by atoms with van der Waals surface area (Å²) in [6.45, 7) is 0. The Kier molecular flexibility index (Phi) is 5.57. The first-order valence-electron chi connectivity index (χ1n) is 8.71. The number of rotatable bonds is 5. The van der Waals surface area contributed by atoms with Gasteiger partial charge in [-0.15, -0.1) is 11.3 Å². The van der Waals surface area contributed by atoms with Crippen LogP contribution in [-0.2, 0) is 12.2 Å². The van der Waals surface area contributed by atoms with Crippen LogP contribution in [0.5, 0.6) is 11.5 Å². The molecule has 0 atom stereocenters. The lowest BCUT2D eigenvalue weighted by molar-refractivity contribution is 0.102. The molecule has 1 aromatic carbocycles. The van der Waals surface area contributed by atoms with Gasteiger partial charge in [0.05, 0.1) is 30.5 Å². The number of carbonyl (C=O) groups excluding carboxylic acids is 1. The first kappa shape index (κ1) is 19.2. The lowest BCUT2D eigenvalue weighted by atomic mass is 10.1. The molecular formula is C20H19ClN2O3S2. The van der Waals surface area contributed by atoms with Crippen molar-refractivity contribution in [3.05, 3.63) is 57.7 Å².